The van der Waals surface area contributed by atoms with Crippen molar-refractivity contribution in [3.63, 3.8) is 0 Å². The lowest BCUT2D eigenvalue weighted by molar-refractivity contribution is -0.144. The Morgan fingerprint density at radius 2 is 2.28 bits per heavy atom. The second-order valence-electron chi connectivity index (χ2n) is 4.96. The third-order valence-corrected chi connectivity index (χ3v) is 3.52. The van der Waals surface area contributed by atoms with E-state index in [1.54, 1.807) is 0 Å². The van der Waals surface area contributed by atoms with Crippen LogP contribution >= 0.6 is 0 Å². The molecular formula is C14H20N2O2. The number of hydrogen-bond donors (Lipinski definition) is 2. The summed E-state index contributed by atoms with van der Waals surface area (Å²) in [6, 6.07) is 5.92. The van der Waals surface area contributed by atoms with Crippen LogP contribution in [0.2, 0.25) is 0 Å². The van der Waals surface area contributed by atoms with E-state index >= 15 is 0 Å². The first kappa shape index (κ1) is 13.1. The van der Waals surface area contributed by atoms with Crippen molar-refractivity contribution in [2.75, 3.05) is 19.6 Å². The normalized spacial score (nSPS) is 20.9. The Morgan fingerprint density at radius 1 is 1.50 bits per heavy atom. The lowest BCUT2D eigenvalue weighted by Crippen LogP contribution is -2.54. The van der Waals surface area contributed by atoms with E-state index in [2.05, 4.69) is 37.4 Å². The van der Waals surface area contributed by atoms with Gasteiger partial charge < -0.3 is 10.4 Å². The van der Waals surface area contributed by atoms with Gasteiger partial charge in [0.1, 0.15) is 6.04 Å². The number of nitrogens with zero attached hydrogens (tertiary/aromatic N) is 1. The van der Waals surface area contributed by atoms with Crippen LogP contribution in [0.4, 0.5) is 0 Å². The van der Waals surface area contributed by atoms with E-state index in [9.17, 15) is 9.90 Å². The molecule has 1 aromatic carbocycles. The Bertz CT molecular complexity index is 445. The summed E-state index contributed by atoms with van der Waals surface area (Å²) in [5, 5.41) is 12.4. The zero-order chi connectivity index (χ0) is 13.1. The molecule has 4 nitrogen and oxygen atoms in total. The van der Waals surface area contributed by atoms with Crippen molar-refractivity contribution in [1.29, 1.82) is 0 Å². The number of hydrogen-bond acceptors (Lipinski definition) is 3. The molecule has 1 aromatic rings. The van der Waals surface area contributed by atoms with Gasteiger partial charge in [-0.1, -0.05) is 23.8 Å². The smallest absolute Gasteiger partial charge is 0.322 e. The van der Waals surface area contributed by atoms with Crippen LogP contribution in [0.25, 0.3) is 0 Å². The van der Waals surface area contributed by atoms with Gasteiger partial charge in [0.15, 0.2) is 0 Å². The predicted molar refractivity (Wildman–Crippen MR) is 70.6 cm³/mol. The SMILES string of the molecule is Cc1ccc(C)c(CN2CCNCC2C(=O)O)c1. The molecule has 0 aromatic heterocycles. The number of rotatable bonds is 3. The summed E-state index contributed by atoms with van der Waals surface area (Å²) in [6.45, 7) is 7.02. The molecule has 1 fully saturated rings. The van der Waals surface area contributed by atoms with E-state index in [4.69, 9.17) is 0 Å². The van der Waals surface area contributed by atoms with E-state index in [1.807, 2.05) is 4.90 Å². The minimum absolute atomic E-state index is 0.418. The molecule has 1 unspecified atom stereocenters. The lowest BCUT2D eigenvalue weighted by Gasteiger charge is -2.33. The first-order valence-electron chi connectivity index (χ1n) is 6.31. The number of aliphatic carboxylic acids is 1. The lowest BCUT2D eigenvalue weighted by atomic mass is 10.0. The number of piperazine rings is 1. The summed E-state index contributed by atoms with van der Waals surface area (Å²) in [7, 11) is 0. The van der Waals surface area contributed by atoms with Crippen molar-refractivity contribution >= 4 is 5.97 Å². The Morgan fingerprint density at radius 3 is 3.00 bits per heavy atom. The Labute approximate surface area is 108 Å². The maximum absolute atomic E-state index is 11.2. The average Bonchev–Trinajstić information content (AvgIpc) is 2.34. The maximum atomic E-state index is 11.2. The largest absolute Gasteiger partial charge is 0.480 e. The van der Waals surface area contributed by atoms with Crippen LogP contribution in [-0.2, 0) is 11.3 Å². The third kappa shape index (κ3) is 2.89. The minimum atomic E-state index is -0.743. The molecule has 0 aliphatic carbocycles. The third-order valence-electron chi connectivity index (χ3n) is 3.52. The molecule has 98 valence electrons. The van der Waals surface area contributed by atoms with Crippen molar-refractivity contribution in [3.8, 4) is 0 Å². The number of nitrogens with one attached hydrogen (secondary N) is 1. The highest BCUT2D eigenvalue weighted by Crippen LogP contribution is 2.16. The molecule has 1 heterocycles. The molecule has 0 radical (unpaired) electrons. The van der Waals surface area contributed by atoms with Gasteiger partial charge >= 0.3 is 5.97 Å². The fraction of sp³-hybridized carbons (Fsp3) is 0.500. The molecule has 4 heteroatoms. The van der Waals surface area contributed by atoms with Crippen LogP contribution in [0.15, 0.2) is 18.2 Å². The Kier molecular flexibility index (Phi) is 3.99. The fourth-order valence-corrected chi connectivity index (χ4v) is 2.37. The van der Waals surface area contributed by atoms with Crippen LogP contribution in [0, 0.1) is 13.8 Å². The topological polar surface area (TPSA) is 52.6 Å². The number of carbonyl (C=O) groups is 1. The molecule has 2 rings (SSSR count). The number of carboxylic acid groups (broad SMARTS) is 1. The number of benzene rings is 1. The van der Waals surface area contributed by atoms with E-state index in [0.29, 0.717) is 13.1 Å². The van der Waals surface area contributed by atoms with Crippen molar-refractivity contribution in [1.82, 2.24) is 10.2 Å². The van der Waals surface area contributed by atoms with Crippen LogP contribution in [0.1, 0.15) is 16.7 Å². The van der Waals surface area contributed by atoms with Crippen LogP contribution in [0.3, 0.4) is 0 Å². The predicted octanol–water partition coefficient (Wildman–Crippen LogP) is 1.16. The minimum Gasteiger partial charge on any atom is -0.480 e. The second-order valence-corrected chi connectivity index (χ2v) is 4.96. The standard InChI is InChI=1S/C14H20N2O2/c1-10-3-4-11(2)12(7-10)9-16-6-5-15-8-13(16)14(17)18/h3-4,7,13,15H,5-6,8-9H2,1-2H3,(H,17,18). The maximum Gasteiger partial charge on any atom is 0.322 e. The van der Waals surface area contributed by atoms with Gasteiger partial charge in [0.05, 0.1) is 0 Å². The van der Waals surface area contributed by atoms with Crippen molar-refractivity contribution < 1.29 is 9.90 Å². The van der Waals surface area contributed by atoms with Gasteiger partial charge in [0.2, 0.25) is 0 Å². The van der Waals surface area contributed by atoms with Crippen molar-refractivity contribution in [2.45, 2.75) is 26.4 Å². The van der Waals surface area contributed by atoms with Gasteiger partial charge in [-0.05, 0) is 25.0 Å². The van der Waals surface area contributed by atoms with Gasteiger partial charge in [-0.25, -0.2) is 0 Å². The fourth-order valence-electron chi connectivity index (χ4n) is 2.37. The number of carboxylic acids is 1. The molecule has 0 saturated carbocycles. The average molecular weight is 248 g/mol. The summed E-state index contributed by atoms with van der Waals surface area (Å²) < 4.78 is 0. The molecule has 0 spiro atoms. The summed E-state index contributed by atoms with van der Waals surface area (Å²) in [4.78, 5) is 13.3. The Balaban J connectivity index is 2.15. The summed E-state index contributed by atoms with van der Waals surface area (Å²) >= 11 is 0. The monoisotopic (exact) mass is 248 g/mol. The second kappa shape index (κ2) is 5.50. The van der Waals surface area contributed by atoms with Crippen molar-refractivity contribution in [2.24, 2.45) is 0 Å². The zero-order valence-electron chi connectivity index (χ0n) is 10.9. The van der Waals surface area contributed by atoms with Gasteiger partial charge in [-0.3, -0.25) is 9.69 Å². The highest BCUT2D eigenvalue weighted by Gasteiger charge is 2.28. The van der Waals surface area contributed by atoms with Gasteiger partial charge in [0, 0.05) is 26.2 Å². The van der Waals surface area contributed by atoms with Gasteiger partial charge in [-0.2, -0.15) is 0 Å². The molecule has 1 aliphatic rings. The molecule has 1 aliphatic heterocycles. The Hall–Kier alpha value is -1.39. The van der Waals surface area contributed by atoms with Gasteiger partial charge in [-0.15, -0.1) is 0 Å². The molecule has 1 atom stereocenters. The van der Waals surface area contributed by atoms with Crippen LogP contribution < -0.4 is 5.32 Å². The van der Waals surface area contributed by atoms with E-state index in [1.165, 1.54) is 16.7 Å². The highest BCUT2D eigenvalue weighted by molar-refractivity contribution is 5.74. The molecule has 2 N–H and O–H groups in total. The molecule has 0 bridgehead atoms. The highest BCUT2D eigenvalue weighted by atomic mass is 16.4. The molecule has 18 heavy (non-hydrogen) atoms. The van der Waals surface area contributed by atoms with E-state index < -0.39 is 12.0 Å². The van der Waals surface area contributed by atoms with Crippen LogP contribution in [0.5, 0.6) is 0 Å². The van der Waals surface area contributed by atoms with Crippen molar-refractivity contribution in [3.05, 3.63) is 34.9 Å². The summed E-state index contributed by atoms with van der Waals surface area (Å²) in [6.07, 6.45) is 0. The first-order chi connectivity index (χ1) is 8.58. The number of aryl methyl sites for hydroxylation is 2. The molecule has 0 amide bonds. The van der Waals surface area contributed by atoms with E-state index in [0.717, 1.165) is 13.1 Å². The van der Waals surface area contributed by atoms with Crippen LogP contribution in [-0.4, -0.2) is 41.7 Å². The summed E-state index contributed by atoms with van der Waals surface area (Å²) in [5.74, 6) is -0.743. The van der Waals surface area contributed by atoms with Gasteiger partial charge in [0.25, 0.3) is 0 Å². The quantitative estimate of drug-likeness (QED) is 0.843. The first-order valence-corrected chi connectivity index (χ1v) is 6.31. The zero-order valence-corrected chi connectivity index (χ0v) is 10.9. The summed E-state index contributed by atoms with van der Waals surface area (Å²) in [5.41, 5.74) is 3.67. The van der Waals surface area contributed by atoms with E-state index in [-0.39, 0.29) is 0 Å². The molecular weight excluding hydrogens is 228 g/mol. The molecule has 1 saturated heterocycles.